The van der Waals surface area contributed by atoms with Crippen molar-refractivity contribution in [1.29, 1.82) is 0 Å². The molecule has 2 aliphatic rings. The second kappa shape index (κ2) is 6.76. The molecule has 0 bridgehead atoms. The normalized spacial score (nSPS) is 24.5. The number of halogens is 1. The molecule has 0 aromatic heterocycles. The minimum atomic E-state index is -3.46. The highest BCUT2D eigenvalue weighted by atomic mass is 32.2. The summed E-state index contributed by atoms with van der Waals surface area (Å²) < 4.78 is 41.0. The number of benzene rings is 2. The van der Waals surface area contributed by atoms with Crippen LogP contribution in [0.3, 0.4) is 0 Å². The van der Waals surface area contributed by atoms with Crippen molar-refractivity contribution < 1.29 is 12.8 Å². The lowest BCUT2D eigenvalue weighted by atomic mass is 9.95. The Balaban J connectivity index is 1.54. The van der Waals surface area contributed by atoms with E-state index in [0.29, 0.717) is 24.5 Å². The van der Waals surface area contributed by atoms with Gasteiger partial charge in [-0.1, -0.05) is 30.3 Å². The second-order valence-electron chi connectivity index (χ2n) is 7.28. The van der Waals surface area contributed by atoms with Gasteiger partial charge in [0.15, 0.2) is 0 Å². The summed E-state index contributed by atoms with van der Waals surface area (Å²) in [4.78, 5) is 2.70. The van der Waals surface area contributed by atoms with Gasteiger partial charge < -0.3 is 0 Å². The molecule has 2 fully saturated rings. The molecule has 0 radical (unpaired) electrons. The van der Waals surface area contributed by atoms with Gasteiger partial charge in [0.1, 0.15) is 5.82 Å². The van der Waals surface area contributed by atoms with E-state index >= 15 is 0 Å². The van der Waals surface area contributed by atoms with Gasteiger partial charge in [0, 0.05) is 25.2 Å². The SMILES string of the molecule is O=S(=O)(c1ccccc1)N1CCC2(CCCN2Cc2cccc(F)c2)C1. The molecule has 2 heterocycles. The lowest BCUT2D eigenvalue weighted by Gasteiger charge is -2.35. The van der Waals surface area contributed by atoms with Gasteiger partial charge in [0.25, 0.3) is 0 Å². The van der Waals surface area contributed by atoms with E-state index in [-0.39, 0.29) is 11.4 Å². The molecule has 1 unspecified atom stereocenters. The topological polar surface area (TPSA) is 40.6 Å². The van der Waals surface area contributed by atoms with E-state index in [1.165, 1.54) is 6.07 Å². The molecular weight excluding hydrogens is 351 g/mol. The van der Waals surface area contributed by atoms with Crippen LogP contribution in [0.15, 0.2) is 59.5 Å². The van der Waals surface area contributed by atoms with E-state index in [0.717, 1.165) is 31.4 Å². The van der Waals surface area contributed by atoms with Crippen molar-refractivity contribution in [1.82, 2.24) is 9.21 Å². The molecule has 2 saturated heterocycles. The van der Waals surface area contributed by atoms with Gasteiger partial charge in [-0.2, -0.15) is 4.31 Å². The van der Waals surface area contributed by atoms with E-state index in [9.17, 15) is 12.8 Å². The molecule has 2 aromatic rings. The Hall–Kier alpha value is -1.76. The number of sulfonamides is 1. The minimum Gasteiger partial charge on any atom is -0.292 e. The van der Waals surface area contributed by atoms with Gasteiger partial charge >= 0.3 is 0 Å². The van der Waals surface area contributed by atoms with Gasteiger partial charge in [-0.05, 0) is 55.6 Å². The van der Waals surface area contributed by atoms with Crippen molar-refractivity contribution in [3.05, 3.63) is 66.0 Å². The second-order valence-corrected chi connectivity index (χ2v) is 9.22. The molecule has 0 amide bonds. The first-order valence-corrected chi connectivity index (χ1v) is 10.5. The van der Waals surface area contributed by atoms with E-state index in [4.69, 9.17) is 0 Å². The molecule has 138 valence electrons. The van der Waals surface area contributed by atoms with Crippen LogP contribution in [0.4, 0.5) is 4.39 Å². The van der Waals surface area contributed by atoms with Crippen molar-refractivity contribution in [3.63, 3.8) is 0 Å². The number of nitrogens with zero attached hydrogens (tertiary/aromatic N) is 2. The highest BCUT2D eigenvalue weighted by molar-refractivity contribution is 7.89. The van der Waals surface area contributed by atoms with Gasteiger partial charge in [0.2, 0.25) is 10.0 Å². The molecule has 2 aromatic carbocycles. The maximum Gasteiger partial charge on any atom is 0.243 e. The zero-order chi connectivity index (χ0) is 18.2. The van der Waals surface area contributed by atoms with Gasteiger partial charge in [-0.25, -0.2) is 12.8 Å². The molecule has 26 heavy (non-hydrogen) atoms. The molecule has 0 N–H and O–H groups in total. The molecule has 0 aliphatic carbocycles. The largest absolute Gasteiger partial charge is 0.292 e. The maximum absolute atomic E-state index is 13.5. The van der Waals surface area contributed by atoms with Crippen molar-refractivity contribution in [2.75, 3.05) is 19.6 Å². The first kappa shape index (κ1) is 17.6. The summed E-state index contributed by atoms with van der Waals surface area (Å²) in [6.45, 7) is 2.64. The van der Waals surface area contributed by atoms with Crippen LogP contribution in [-0.2, 0) is 16.6 Å². The number of likely N-dealkylation sites (tertiary alicyclic amines) is 1. The van der Waals surface area contributed by atoms with Gasteiger partial charge in [-0.15, -0.1) is 0 Å². The van der Waals surface area contributed by atoms with Crippen LogP contribution in [0, 0.1) is 5.82 Å². The van der Waals surface area contributed by atoms with Crippen LogP contribution < -0.4 is 0 Å². The van der Waals surface area contributed by atoms with Gasteiger partial charge in [0.05, 0.1) is 4.90 Å². The first-order chi connectivity index (χ1) is 12.5. The van der Waals surface area contributed by atoms with Crippen LogP contribution in [-0.4, -0.2) is 42.8 Å². The van der Waals surface area contributed by atoms with E-state index in [2.05, 4.69) is 4.90 Å². The summed E-state index contributed by atoms with van der Waals surface area (Å²) in [6.07, 6.45) is 2.87. The monoisotopic (exact) mass is 374 g/mol. The van der Waals surface area contributed by atoms with Crippen LogP contribution in [0.5, 0.6) is 0 Å². The van der Waals surface area contributed by atoms with Crippen molar-refractivity contribution >= 4 is 10.0 Å². The summed E-state index contributed by atoms with van der Waals surface area (Å²) in [5.41, 5.74) is 0.810. The molecule has 0 saturated carbocycles. The van der Waals surface area contributed by atoms with E-state index in [1.54, 1.807) is 40.7 Å². The van der Waals surface area contributed by atoms with E-state index < -0.39 is 10.0 Å². The molecular formula is C20H23FN2O2S. The maximum atomic E-state index is 13.5. The third kappa shape index (κ3) is 3.17. The third-order valence-corrected chi connectivity index (χ3v) is 7.54. The van der Waals surface area contributed by atoms with E-state index in [1.807, 2.05) is 12.1 Å². The fourth-order valence-electron chi connectivity index (χ4n) is 4.32. The van der Waals surface area contributed by atoms with Gasteiger partial charge in [-0.3, -0.25) is 4.90 Å². The van der Waals surface area contributed by atoms with Crippen LogP contribution in [0.1, 0.15) is 24.8 Å². The Morgan fingerprint density at radius 3 is 2.58 bits per heavy atom. The van der Waals surface area contributed by atoms with Crippen molar-refractivity contribution in [2.24, 2.45) is 0 Å². The predicted octanol–water partition coefficient (Wildman–Crippen LogP) is 3.25. The number of hydrogen-bond acceptors (Lipinski definition) is 3. The zero-order valence-electron chi connectivity index (χ0n) is 14.6. The first-order valence-electron chi connectivity index (χ1n) is 9.04. The fraction of sp³-hybridized carbons (Fsp3) is 0.400. The quantitative estimate of drug-likeness (QED) is 0.825. The summed E-state index contributed by atoms with van der Waals surface area (Å²) in [5.74, 6) is -0.226. The lowest BCUT2D eigenvalue weighted by Crippen LogP contribution is -2.46. The fourth-order valence-corrected chi connectivity index (χ4v) is 5.87. The number of rotatable bonds is 4. The molecule has 4 rings (SSSR count). The summed E-state index contributed by atoms with van der Waals surface area (Å²) >= 11 is 0. The van der Waals surface area contributed by atoms with Crippen molar-refractivity contribution in [3.8, 4) is 0 Å². The average Bonchev–Trinajstić information content (AvgIpc) is 3.24. The summed E-state index contributed by atoms with van der Waals surface area (Å²) in [7, 11) is -3.46. The Labute approximate surface area is 154 Å². The van der Waals surface area contributed by atoms with Crippen molar-refractivity contribution in [2.45, 2.75) is 36.2 Å². The third-order valence-electron chi connectivity index (χ3n) is 5.68. The molecule has 6 heteroatoms. The zero-order valence-corrected chi connectivity index (χ0v) is 15.5. The Bertz CT molecular complexity index is 888. The Morgan fingerprint density at radius 2 is 1.81 bits per heavy atom. The van der Waals surface area contributed by atoms with Crippen LogP contribution >= 0.6 is 0 Å². The highest BCUT2D eigenvalue weighted by Crippen LogP contribution is 2.40. The summed E-state index contributed by atoms with van der Waals surface area (Å²) in [6, 6.07) is 15.3. The van der Waals surface area contributed by atoms with Crippen LogP contribution in [0.2, 0.25) is 0 Å². The molecule has 4 nitrogen and oxygen atoms in total. The predicted molar refractivity (Wildman–Crippen MR) is 98.6 cm³/mol. The average molecular weight is 374 g/mol. The lowest BCUT2D eigenvalue weighted by molar-refractivity contribution is 0.142. The molecule has 1 spiro atoms. The number of hydrogen-bond donors (Lipinski definition) is 0. The Morgan fingerprint density at radius 1 is 1.00 bits per heavy atom. The Kier molecular flexibility index (Phi) is 4.59. The minimum absolute atomic E-state index is 0.131. The smallest absolute Gasteiger partial charge is 0.243 e. The van der Waals surface area contributed by atoms with Crippen LogP contribution in [0.25, 0.3) is 0 Å². The molecule has 2 aliphatic heterocycles. The molecule has 1 atom stereocenters. The summed E-state index contributed by atoms with van der Waals surface area (Å²) in [5, 5.41) is 0. The standard InChI is InChI=1S/C20H23FN2O2S/c21-18-7-4-6-17(14-18)15-22-12-5-10-20(22)11-13-23(16-20)26(24,25)19-8-2-1-3-9-19/h1-4,6-9,14H,5,10-13,15-16H2. The highest BCUT2D eigenvalue weighted by Gasteiger charge is 2.48.